The number of hydrogen-bond donors (Lipinski definition) is 2. The summed E-state index contributed by atoms with van der Waals surface area (Å²) in [6.07, 6.45) is 1.99. The highest BCUT2D eigenvalue weighted by molar-refractivity contribution is 5.67. The van der Waals surface area contributed by atoms with Crippen LogP contribution in [0.25, 0.3) is 16.9 Å². The average Bonchev–Trinajstić information content (AvgIpc) is 3.67. The molecule has 3 N–H and O–H groups in total. The maximum Gasteiger partial charge on any atom is 0.223 e. The van der Waals surface area contributed by atoms with Crippen LogP contribution in [0.3, 0.4) is 0 Å². The zero-order chi connectivity index (χ0) is 26.2. The summed E-state index contributed by atoms with van der Waals surface area (Å²) in [4.78, 5) is 11.0. The second kappa shape index (κ2) is 9.56. The van der Waals surface area contributed by atoms with Crippen molar-refractivity contribution >= 4 is 11.6 Å². The van der Waals surface area contributed by atoms with E-state index in [1.54, 1.807) is 12.1 Å². The summed E-state index contributed by atoms with van der Waals surface area (Å²) in [5.74, 6) is -0.101. The fraction of sp³-hybridized carbons (Fsp3) is 0.240. The van der Waals surface area contributed by atoms with Crippen LogP contribution in [0.5, 0.6) is 0 Å². The van der Waals surface area contributed by atoms with Gasteiger partial charge in [0, 0.05) is 24.6 Å². The SMILES string of the molecule is N#Cc1cccc(-c2cc3nc(Cc4c(F)cccc4CN4CCCC4c4nn[nH]n4)nn3c(N)n2)c1F. The molecule has 0 bridgehead atoms. The van der Waals surface area contributed by atoms with Crippen LogP contribution in [-0.4, -0.2) is 51.7 Å². The molecule has 1 atom stereocenters. The first kappa shape index (κ1) is 23.6. The lowest BCUT2D eigenvalue weighted by molar-refractivity contribution is 0.239. The van der Waals surface area contributed by atoms with Gasteiger partial charge in [0.2, 0.25) is 5.95 Å². The van der Waals surface area contributed by atoms with Gasteiger partial charge in [-0.15, -0.1) is 15.3 Å². The van der Waals surface area contributed by atoms with Crippen LogP contribution in [0, 0.1) is 23.0 Å². The molecule has 11 nitrogen and oxygen atoms in total. The molecular weight excluding hydrogens is 492 g/mol. The number of benzene rings is 2. The Labute approximate surface area is 214 Å². The van der Waals surface area contributed by atoms with Crippen molar-refractivity contribution in [3.05, 3.63) is 82.4 Å². The second-order valence-corrected chi connectivity index (χ2v) is 9.03. The number of nitrogen functional groups attached to an aromatic ring is 1. The number of nitrogens with one attached hydrogen (secondary N) is 1. The van der Waals surface area contributed by atoms with Crippen LogP contribution in [-0.2, 0) is 13.0 Å². The van der Waals surface area contributed by atoms with Crippen molar-refractivity contribution in [2.75, 3.05) is 12.3 Å². The fourth-order valence-corrected chi connectivity index (χ4v) is 4.93. The number of likely N-dealkylation sites (tertiary alicyclic amines) is 1. The van der Waals surface area contributed by atoms with Crippen molar-refractivity contribution in [2.45, 2.75) is 31.8 Å². The number of nitrogens with zero attached hydrogens (tertiary/aromatic N) is 9. The molecule has 0 radical (unpaired) electrons. The van der Waals surface area contributed by atoms with Gasteiger partial charge >= 0.3 is 0 Å². The number of fused-ring (bicyclic) bond motifs is 1. The van der Waals surface area contributed by atoms with Crippen molar-refractivity contribution in [2.24, 2.45) is 0 Å². The standard InChI is InChI=1S/C25H21F2N11/c26-18-7-2-5-15(13-37-9-3-8-20(37)24-32-35-36-33-24)17(18)10-21-31-22-11-19(30-25(29)38(22)34-21)16-6-1-4-14(12-28)23(16)27/h1-2,4-7,11,20H,3,8-10,13H2,(H2,29,30)(H,32,33,35,36). The largest absolute Gasteiger partial charge is 0.368 e. The zero-order valence-corrected chi connectivity index (χ0v) is 20.0. The van der Waals surface area contributed by atoms with Crippen LogP contribution in [0.1, 0.15) is 47.2 Å². The number of H-pyrrole nitrogens is 1. The van der Waals surface area contributed by atoms with Crippen molar-refractivity contribution in [3.63, 3.8) is 0 Å². The first-order valence-electron chi connectivity index (χ1n) is 12.0. The Balaban J connectivity index is 1.32. The Bertz CT molecular complexity index is 1670. The Morgan fingerprint density at radius 3 is 2.84 bits per heavy atom. The van der Waals surface area contributed by atoms with Gasteiger partial charge in [0.05, 0.1) is 17.3 Å². The van der Waals surface area contributed by atoms with E-state index in [1.807, 2.05) is 12.1 Å². The van der Waals surface area contributed by atoms with Gasteiger partial charge in [-0.25, -0.2) is 18.7 Å². The summed E-state index contributed by atoms with van der Waals surface area (Å²) >= 11 is 0. The van der Waals surface area contributed by atoms with E-state index in [4.69, 9.17) is 11.0 Å². The Kier molecular flexibility index (Phi) is 5.93. The van der Waals surface area contributed by atoms with Crippen LogP contribution < -0.4 is 5.73 Å². The third kappa shape index (κ3) is 4.20. The number of tetrazole rings is 1. The Hall–Kier alpha value is -4.83. The molecule has 13 heteroatoms. The van der Waals surface area contributed by atoms with Crippen LogP contribution in [0.15, 0.2) is 42.5 Å². The molecule has 2 aromatic carbocycles. The van der Waals surface area contributed by atoms with Gasteiger partial charge in [-0.3, -0.25) is 4.90 Å². The minimum atomic E-state index is -0.692. The lowest BCUT2D eigenvalue weighted by Gasteiger charge is -2.23. The van der Waals surface area contributed by atoms with Gasteiger partial charge in [0.1, 0.15) is 17.7 Å². The molecule has 1 aliphatic heterocycles. The van der Waals surface area contributed by atoms with Crippen molar-refractivity contribution < 1.29 is 8.78 Å². The van der Waals surface area contributed by atoms with E-state index in [1.165, 1.54) is 28.8 Å². The summed E-state index contributed by atoms with van der Waals surface area (Å²) in [6.45, 7) is 1.33. The van der Waals surface area contributed by atoms with Crippen molar-refractivity contribution in [1.82, 2.24) is 45.1 Å². The van der Waals surface area contributed by atoms with E-state index in [-0.39, 0.29) is 41.0 Å². The third-order valence-corrected chi connectivity index (χ3v) is 6.74. The predicted octanol–water partition coefficient (Wildman–Crippen LogP) is 2.96. The number of anilines is 1. The molecule has 38 heavy (non-hydrogen) atoms. The first-order chi connectivity index (χ1) is 18.5. The molecule has 190 valence electrons. The summed E-state index contributed by atoms with van der Waals surface area (Å²) in [6, 6.07) is 12.8. The number of halogens is 2. The number of hydrogen-bond acceptors (Lipinski definition) is 9. The number of nitriles is 1. The highest BCUT2D eigenvalue weighted by atomic mass is 19.1. The molecule has 0 saturated carbocycles. The Morgan fingerprint density at radius 1 is 1.16 bits per heavy atom. The topological polar surface area (TPSA) is 151 Å². The van der Waals surface area contributed by atoms with Gasteiger partial charge in [-0.1, -0.05) is 23.4 Å². The Morgan fingerprint density at radius 2 is 2.03 bits per heavy atom. The molecule has 1 saturated heterocycles. The molecule has 1 fully saturated rings. The number of nitrogens with two attached hydrogens (primary N) is 1. The molecule has 3 aromatic heterocycles. The van der Waals surface area contributed by atoms with Crippen LogP contribution >= 0.6 is 0 Å². The maximum absolute atomic E-state index is 15.1. The monoisotopic (exact) mass is 513 g/mol. The highest BCUT2D eigenvalue weighted by Gasteiger charge is 2.30. The van der Waals surface area contributed by atoms with E-state index in [2.05, 4.69) is 40.6 Å². The maximum atomic E-state index is 15.1. The molecule has 4 heterocycles. The minimum absolute atomic E-state index is 0.00223. The van der Waals surface area contributed by atoms with Gasteiger partial charge in [-0.05, 0) is 48.7 Å². The zero-order valence-electron chi connectivity index (χ0n) is 20.0. The van der Waals surface area contributed by atoms with Crippen LogP contribution in [0.2, 0.25) is 0 Å². The average molecular weight is 514 g/mol. The van der Waals surface area contributed by atoms with Crippen molar-refractivity contribution in [1.29, 1.82) is 5.26 Å². The number of aromatic amines is 1. The molecule has 1 aliphatic rings. The summed E-state index contributed by atoms with van der Waals surface area (Å²) in [7, 11) is 0. The number of aromatic nitrogens is 8. The van der Waals surface area contributed by atoms with E-state index in [9.17, 15) is 4.39 Å². The van der Waals surface area contributed by atoms with Gasteiger partial charge in [0.15, 0.2) is 17.3 Å². The molecule has 0 aliphatic carbocycles. The van der Waals surface area contributed by atoms with Gasteiger partial charge in [0.25, 0.3) is 0 Å². The molecule has 6 rings (SSSR count). The fourth-order valence-electron chi connectivity index (χ4n) is 4.93. The van der Waals surface area contributed by atoms with E-state index < -0.39 is 5.82 Å². The summed E-state index contributed by atoms with van der Waals surface area (Å²) in [5, 5.41) is 28.0. The highest BCUT2D eigenvalue weighted by Crippen LogP contribution is 2.32. The minimum Gasteiger partial charge on any atom is -0.368 e. The van der Waals surface area contributed by atoms with E-state index >= 15 is 4.39 Å². The normalized spacial score (nSPS) is 15.8. The van der Waals surface area contributed by atoms with Crippen molar-refractivity contribution in [3.8, 4) is 17.3 Å². The molecule has 1 unspecified atom stereocenters. The predicted molar refractivity (Wildman–Crippen MR) is 131 cm³/mol. The van der Waals surface area contributed by atoms with Crippen LogP contribution in [0.4, 0.5) is 14.7 Å². The first-order valence-corrected chi connectivity index (χ1v) is 12.0. The number of rotatable bonds is 6. The molecule has 0 spiro atoms. The quantitative estimate of drug-likeness (QED) is 0.349. The third-order valence-electron chi connectivity index (χ3n) is 6.74. The van der Waals surface area contributed by atoms with Gasteiger partial charge < -0.3 is 5.73 Å². The summed E-state index contributed by atoms with van der Waals surface area (Å²) in [5.41, 5.74) is 7.97. The molecule has 0 amide bonds. The molecule has 5 aromatic rings. The van der Waals surface area contributed by atoms with E-state index in [0.29, 0.717) is 29.4 Å². The summed E-state index contributed by atoms with van der Waals surface area (Å²) < 4.78 is 31.2. The lowest BCUT2D eigenvalue weighted by Crippen LogP contribution is -2.24. The van der Waals surface area contributed by atoms with Gasteiger partial charge in [-0.2, -0.15) is 15.0 Å². The van der Waals surface area contributed by atoms with E-state index in [0.717, 1.165) is 24.9 Å². The lowest BCUT2D eigenvalue weighted by atomic mass is 10.0. The smallest absolute Gasteiger partial charge is 0.223 e. The molecular formula is C25H21F2N11. The second-order valence-electron chi connectivity index (χ2n) is 9.03.